The molecule has 2 N–H and O–H groups in total. The summed E-state index contributed by atoms with van der Waals surface area (Å²) in [5.41, 5.74) is 5.03. The molecular weight excluding hydrogens is 239 g/mol. The average molecular weight is 267 g/mol. The molecular formula is C14H28F3N. The van der Waals surface area contributed by atoms with Crippen LogP contribution in [0.5, 0.6) is 0 Å². The van der Waals surface area contributed by atoms with Crippen LogP contribution in [0.4, 0.5) is 13.2 Å². The first-order valence-corrected chi connectivity index (χ1v) is 7.30. The van der Waals surface area contributed by atoms with E-state index in [1.807, 2.05) is 0 Å². The van der Waals surface area contributed by atoms with Gasteiger partial charge < -0.3 is 5.73 Å². The number of nitrogens with two attached hydrogens (primary N) is 1. The molecule has 0 heterocycles. The Labute approximate surface area is 109 Å². The first-order chi connectivity index (χ1) is 8.48. The maximum absolute atomic E-state index is 12.1. The highest BCUT2D eigenvalue weighted by atomic mass is 19.4. The van der Waals surface area contributed by atoms with Crippen molar-refractivity contribution in [1.82, 2.24) is 0 Å². The lowest BCUT2D eigenvalue weighted by Gasteiger charge is -2.14. The van der Waals surface area contributed by atoms with E-state index in [0.717, 1.165) is 19.3 Å². The zero-order valence-electron chi connectivity index (χ0n) is 11.6. The van der Waals surface area contributed by atoms with Crippen LogP contribution in [0.25, 0.3) is 0 Å². The molecule has 4 heteroatoms. The number of halogens is 3. The normalized spacial score (nSPS) is 13.8. The van der Waals surface area contributed by atoms with E-state index in [1.54, 1.807) is 0 Å². The Bertz CT molecular complexity index is 180. The molecule has 0 aromatic heterocycles. The molecule has 0 amide bonds. The van der Waals surface area contributed by atoms with Crippen molar-refractivity contribution in [2.24, 2.45) is 5.73 Å². The third-order valence-corrected chi connectivity index (χ3v) is 3.29. The fourth-order valence-electron chi connectivity index (χ4n) is 2.02. The predicted molar refractivity (Wildman–Crippen MR) is 70.5 cm³/mol. The van der Waals surface area contributed by atoms with Crippen LogP contribution >= 0.6 is 0 Å². The van der Waals surface area contributed by atoms with Crippen molar-refractivity contribution in [3.05, 3.63) is 0 Å². The minimum absolute atomic E-state index is 0.0694. The molecule has 0 unspecified atom stereocenters. The fraction of sp³-hybridized carbons (Fsp3) is 1.00. The van der Waals surface area contributed by atoms with Gasteiger partial charge in [0.15, 0.2) is 0 Å². The minimum atomic E-state index is -4.22. The van der Waals surface area contributed by atoms with Crippen molar-refractivity contribution >= 4 is 0 Å². The van der Waals surface area contributed by atoms with Crippen LogP contribution in [-0.4, -0.2) is 12.2 Å². The van der Waals surface area contributed by atoms with Crippen LogP contribution in [0.2, 0.25) is 0 Å². The SMILES string of the molecule is CCCCCCCCCCCC[C@@H](N)C(F)(F)F. The van der Waals surface area contributed by atoms with Crippen LogP contribution in [-0.2, 0) is 0 Å². The van der Waals surface area contributed by atoms with Gasteiger partial charge in [-0.15, -0.1) is 0 Å². The topological polar surface area (TPSA) is 26.0 Å². The van der Waals surface area contributed by atoms with Gasteiger partial charge in [-0.25, -0.2) is 0 Å². The molecule has 0 rings (SSSR count). The summed E-state index contributed by atoms with van der Waals surface area (Å²) in [6, 6.07) is -1.63. The van der Waals surface area contributed by atoms with E-state index in [9.17, 15) is 13.2 Å². The average Bonchev–Trinajstić information content (AvgIpc) is 2.30. The lowest BCUT2D eigenvalue weighted by molar-refractivity contribution is -0.149. The molecule has 0 fully saturated rings. The highest BCUT2D eigenvalue weighted by molar-refractivity contribution is 4.69. The summed E-state index contributed by atoms with van der Waals surface area (Å²) in [5.74, 6) is 0. The molecule has 0 aliphatic carbocycles. The molecule has 1 nitrogen and oxygen atoms in total. The molecule has 0 aromatic carbocycles. The second-order valence-electron chi connectivity index (χ2n) is 5.12. The summed E-state index contributed by atoms with van der Waals surface area (Å²) in [7, 11) is 0. The smallest absolute Gasteiger partial charge is 0.320 e. The van der Waals surface area contributed by atoms with Crippen molar-refractivity contribution in [2.75, 3.05) is 0 Å². The summed E-state index contributed by atoms with van der Waals surface area (Å²) >= 11 is 0. The molecule has 0 radical (unpaired) electrons. The van der Waals surface area contributed by atoms with Crippen molar-refractivity contribution in [3.8, 4) is 0 Å². The van der Waals surface area contributed by atoms with Gasteiger partial charge in [-0.05, 0) is 6.42 Å². The summed E-state index contributed by atoms with van der Waals surface area (Å²) in [4.78, 5) is 0. The van der Waals surface area contributed by atoms with Crippen molar-refractivity contribution in [1.29, 1.82) is 0 Å². The molecule has 0 aliphatic rings. The Balaban J connectivity index is 3.17. The molecule has 18 heavy (non-hydrogen) atoms. The molecule has 110 valence electrons. The molecule has 0 saturated heterocycles. The summed E-state index contributed by atoms with van der Waals surface area (Å²) < 4.78 is 36.3. The third-order valence-electron chi connectivity index (χ3n) is 3.29. The van der Waals surface area contributed by atoms with Gasteiger partial charge in [0.05, 0.1) is 0 Å². The van der Waals surface area contributed by atoms with E-state index in [-0.39, 0.29) is 6.42 Å². The van der Waals surface area contributed by atoms with Gasteiger partial charge in [0.2, 0.25) is 0 Å². The van der Waals surface area contributed by atoms with Gasteiger partial charge >= 0.3 is 6.18 Å². The van der Waals surface area contributed by atoms with Crippen LogP contribution in [0.3, 0.4) is 0 Å². The van der Waals surface area contributed by atoms with E-state index in [0.29, 0.717) is 6.42 Å². The Morgan fingerprint density at radius 2 is 1.17 bits per heavy atom. The molecule has 1 atom stereocenters. The third kappa shape index (κ3) is 10.9. The van der Waals surface area contributed by atoms with Crippen LogP contribution in [0.1, 0.15) is 77.6 Å². The molecule has 0 aromatic rings. The van der Waals surface area contributed by atoms with Crippen molar-refractivity contribution in [2.45, 2.75) is 89.8 Å². The van der Waals surface area contributed by atoms with E-state index in [2.05, 4.69) is 6.92 Å². The lowest BCUT2D eigenvalue weighted by Crippen LogP contribution is -2.37. The zero-order chi connectivity index (χ0) is 13.9. The fourth-order valence-corrected chi connectivity index (χ4v) is 2.02. The highest BCUT2D eigenvalue weighted by Gasteiger charge is 2.35. The Morgan fingerprint density at radius 1 is 0.778 bits per heavy atom. The van der Waals surface area contributed by atoms with Gasteiger partial charge in [0, 0.05) is 0 Å². The van der Waals surface area contributed by atoms with Gasteiger partial charge in [-0.2, -0.15) is 13.2 Å². The second-order valence-corrected chi connectivity index (χ2v) is 5.12. The largest absolute Gasteiger partial charge is 0.403 e. The molecule has 0 bridgehead atoms. The number of hydrogen-bond donors (Lipinski definition) is 1. The van der Waals surface area contributed by atoms with Crippen LogP contribution < -0.4 is 5.73 Å². The quantitative estimate of drug-likeness (QED) is 0.512. The number of hydrogen-bond acceptors (Lipinski definition) is 1. The lowest BCUT2D eigenvalue weighted by atomic mass is 10.0. The minimum Gasteiger partial charge on any atom is -0.320 e. The molecule has 0 saturated carbocycles. The molecule has 0 aliphatic heterocycles. The van der Waals surface area contributed by atoms with Gasteiger partial charge in [-0.1, -0.05) is 71.1 Å². The maximum Gasteiger partial charge on any atom is 0.403 e. The van der Waals surface area contributed by atoms with E-state index in [1.165, 1.54) is 38.5 Å². The number of rotatable bonds is 11. The predicted octanol–water partition coefficient (Wildman–Crippen LogP) is 5.19. The second kappa shape index (κ2) is 10.7. The number of unbranched alkanes of at least 4 members (excludes halogenated alkanes) is 9. The first-order valence-electron chi connectivity index (χ1n) is 7.30. The highest BCUT2D eigenvalue weighted by Crippen LogP contribution is 2.22. The van der Waals surface area contributed by atoms with E-state index < -0.39 is 12.2 Å². The van der Waals surface area contributed by atoms with Crippen molar-refractivity contribution < 1.29 is 13.2 Å². The Kier molecular flexibility index (Phi) is 10.5. The number of alkyl halides is 3. The Morgan fingerprint density at radius 3 is 1.56 bits per heavy atom. The van der Waals surface area contributed by atoms with Crippen molar-refractivity contribution in [3.63, 3.8) is 0 Å². The monoisotopic (exact) mass is 267 g/mol. The summed E-state index contributed by atoms with van der Waals surface area (Å²) in [5, 5.41) is 0. The summed E-state index contributed by atoms with van der Waals surface area (Å²) in [6.45, 7) is 2.20. The van der Waals surface area contributed by atoms with Gasteiger partial charge in [-0.3, -0.25) is 0 Å². The van der Waals surface area contributed by atoms with E-state index in [4.69, 9.17) is 5.73 Å². The summed E-state index contributed by atoms with van der Waals surface area (Å²) in [6.07, 6.45) is 7.18. The maximum atomic E-state index is 12.1. The van der Waals surface area contributed by atoms with E-state index >= 15 is 0 Å². The van der Waals surface area contributed by atoms with Gasteiger partial charge in [0.25, 0.3) is 0 Å². The Hall–Kier alpha value is -0.250. The van der Waals surface area contributed by atoms with Crippen LogP contribution in [0, 0.1) is 0 Å². The zero-order valence-corrected chi connectivity index (χ0v) is 11.6. The van der Waals surface area contributed by atoms with Crippen LogP contribution in [0.15, 0.2) is 0 Å². The standard InChI is InChI=1S/C14H28F3N/c1-2-3-4-5-6-7-8-9-10-11-12-13(18)14(15,16)17/h13H,2-12,18H2,1H3/t13-/m1/s1. The molecule has 0 spiro atoms. The first kappa shape index (κ1) is 17.8. The van der Waals surface area contributed by atoms with Gasteiger partial charge in [0.1, 0.15) is 6.04 Å².